The lowest BCUT2D eigenvalue weighted by Gasteiger charge is -2.43. The van der Waals surface area contributed by atoms with Crippen molar-refractivity contribution >= 4 is 16.3 Å². The topological polar surface area (TPSA) is 38.6 Å². The Hall–Kier alpha value is -0.910. The molecule has 2 heterocycles. The first-order chi connectivity index (χ1) is 10.2. The first kappa shape index (κ1) is 15.0. The molecule has 3 rings (SSSR count). The summed E-state index contributed by atoms with van der Waals surface area (Å²) in [5.41, 5.74) is 1.30. The molecular weight excluding hydrogens is 282 g/mol. The zero-order valence-corrected chi connectivity index (χ0v) is 13.8. The monoisotopic (exact) mass is 307 g/mol. The first-order valence-electron chi connectivity index (χ1n) is 7.94. The van der Waals surface area contributed by atoms with Crippen LogP contribution in [0.3, 0.4) is 0 Å². The van der Waals surface area contributed by atoms with E-state index in [1.807, 2.05) is 7.11 Å². The molecule has 1 saturated carbocycles. The van der Waals surface area contributed by atoms with E-state index >= 15 is 0 Å². The third-order valence-electron chi connectivity index (χ3n) is 4.60. The van der Waals surface area contributed by atoms with Gasteiger partial charge in [0.15, 0.2) is 4.96 Å². The summed E-state index contributed by atoms with van der Waals surface area (Å²) in [5.74, 6) is 0. The highest BCUT2D eigenvalue weighted by molar-refractivity contribution is 7.15. The molecule has 1 aliphatic carbocycles. The molecule has 116 valence electrons. The molecule has 21 heavy (non-hydrogen) atoms. The predicted molar refractivity (Wildman–Crippen MR) is 87.1 cm³/mol. The minimum absolute atomic E-state index is 0.114. The molecule has 0 bridgehead atoms. The number of aromatic nitrogens is 2. The van der Waals surface area contributed by atoms with Gasteiger partial charge in [0.05, 0.1) is 11.3 Å². The molecule has 2 aromatic rings. The van der Waals surface area contributed by atoms with Crippen LogP contribution < -0.4 is 5.32 Å². The molecule has 1 N–H and O–H groups in total. The third-order valence-corrected chi connectivity index (χ3v) is 5.37. The van der Waals surface area contributed by atoms with Crippen molar-refractivity contribution in [2.75, 3.05) is 13.7 Å². The number of ether oxygens (including phenoxy) is 1. The van der Waals surface area contributed by atoms with Crippen LogP contribution in [0, 0.1) is 0 Å². The van der Waals surface area contributed by atoms with Crippen molar-refractivity contribution in [3.05, 3.63) is 23.5 Å². The highest BCUT2D eigenvalue weighted by atomic mass is 32.1. The molecule has 1 aliphatic rings. The Balaban J connectivity index is 1.67. The Morgan fingerprint density at radius 2 is 2.38 bits per heavy atom. The molecule has 0 spiro atoms. The van der Waals surface area contributed by atoms with Gasteiger partial charge in [0, 0.05) is 37.3 Å². The SMILES string of the molecule is CCCNC(Cc1cn2ccsc2n1)CC1(OC)CCC1. The van der Waals surface area contributed by atoms with Crippen LogP contribution in [0.15, 0.2) is 17.8 Å². The number of thiazole rings is 1. The normalized spacial score (nSPS) is 18.8. The highest BCUT2D eigenvalue weighted by Gasteiger charge is 2.39. The van der Waals surface area contributed by atoms with E-state index in [0.29, 0.717) is 6.04 Å². The van der Waals surface area contributed by atoms with Crippen molar-refractivity contribution in [3.8, 4) is 0 Å². The van der Waals surface area contributed by atoms with Crippen LogP contribution >= 0.6 is 11.3 Å². The number of hydrogen-bond acceptors (Lipinski definition) is 4. The van der Waals surface area contributed by atoms with E-state index in [4.69, 9.17) is 9.72 Å². The summed E-state index contributed by atoms with van der Waals surface area (Å²) in [6, 6.07) is 0.454. The average Bonchev–Trinajstić information content (AvgIpc) is 3.00. The van der Waals surface area contributed by atoms with E-state index in [0.717, 1.165) is 30.8 Å². The summed E-state index contributed by atoms with van der Waals surface area (Å²) in [5, 5.41) is 5.76. The van der Waals surface area contributed by atoms with Crippen molar-refractivity contribution in [1.29, 1.82) is 0 Å². The van der Waals surface area contributed by atoms with Gasteiger partial charge in [-0.1, -0.05) is 6.92 Å². The molecule has 0 aliphatic heterocycles. The smallest absolute Gasteiger partial charge is 0.193 e. The maximum Gasteiger partial charge on any atom is 0.193 e. The Morgan fingerprint density at radius 3 is 3.00 bits per heavy atom. The van der Waals surface area contributed by atoms with Gasteiger partial charge >= 0.3 is 0 Å². The van der Waals surface area contributed by atoms with Gasteiger partial charge in [-0.15, -0.1) is 11.3 Å². The van der Waals surface area contributed by atoms with Crippen LogP contribution in [0.25, 0.3) is 4.96 Å². The second-order valence-corrected chi connectivity index (χ2v) is 7.00. The maximum atomic E-state index is 5.80. The van der Waals surface area contributed by atoms with E-state index < -0.39 is 0 Å². The van der Waals surface area contributed by atoms with Crippen molar-refractivity contribution in [2.45, 2.75) is 57.1 Å². The largest absolute Gasteiger partial charge is 0.378 e. The summed E-state index contributed by atoms with van der Waals surface area (Å²) < 4.78 is 7.92. The van der Waals surface area contributed by atoms with Crippen LogP contribution in [0.2, 0.25) is 0 Å². The summed E-state index contributed by atoms with van der Waals surface area (Å²) in [6.45, 7) is 3.28. The molecule has 2 aromatic heterocycles. The van der Waals surface area contributed by atoms with E-state index in [1.54, 1.807) is 11.3 Å². The molecule has 1 atom stereocenters. The molecular formula is C16H25N3OS. The Labute approximate surface area is 130 Å². The second kappa shape index (κ2) is 6.46. The van der Waals surface area contributed by atoms with Crippen LogP contribution in [-0.4, -0.2) is 34.7 Å². The number of rotatable bonds is 8. The van der Waals surface area contributed by atoms with Crippen LogP contribution in [0.5, 0.6) is 0 Å². The van der Waals surface area contributed by atoms with Crippen molar-refractivity contribution < 1.29 is 4.74 Å². The number of nitrogens with zero attached hydrogens (tertiary/aromatic N) is 2. The van der Waals surface area contributed by atoms with Crippen LogP contribution in [0.4, 0.5) is 0 Å². The Kier molecular flexibility index (Phi) is 4.62. The minimum atomic E-state index is 0.114. The Bertz CT molecular complexity index is 539. The number of hydrogen-bond donors (Lipinski definition) is 1. The molecule has 0 amide bonds. The lowest BCUT2D eigenvalue weighted by atomic mass is 9.75. The molecule has 0 saturated heterocycles. The molecule has 0 radical (unpaired) electrons. The number of nitrogens with one attached hydrogen (secondary N) is 1. The predicted octanol–water partition coefficient (Wildman–Crippen LogP) is 3.27. The van der Waals surface area contributed by atoms with Gasteiger partial charge < -0.3 is 10.1 Å². The number of imidazole rings is 1. The lowest BCUT2D eigenvalue weighted by molar-refractivity contribution is -0.0834. The van der Waals surface area contributed by atoms with Gasteiger partial charge in [0.1, 0.15) is 0 Å². The second-order valence-electron chi connectivity index (χ2n) is 6.13. The van der Waals surface area contributed by atoms with Gasteiger partial charge in [0.2, 0.25) is 0 Å². The lowest BCUT2D eigenvalue weighted by Crippen LogP contribution is -2.46. The van der Waals surface area contributed by atoms with Gasteiger partial charge in [-0.3, -0.25) is 4.40 Å². The van der Waals surface area contributed by atoms with E-state index in [1.165, 1.54) is 25.0 Å². The average molecular weight is 307 g/mol. The molecule has 4 nitrogen and oxygen atoms in total. The van der Waals surface area contributed by atoms with Gasteiger partial charge in [0.25, 0.3) is 0 Å². The van der Waals surface area contributed by atoms with Gasteiger partial charge in [-0.2, -0.15) is 0 Å². The van der Waals surface area contributed by atoms with Gasteiger partial charge in [-0.05, 0) is 38.6 Å². The Morgan fingerprint density at radius 1 is 1.52 bits per heavy atom. The molecule has 1 fully saturated rings. The zero-order valence-electron chi connectivity index (χ0n) is 13.0. The summed E-state index contributed by atoms with van der Waals surface area (Å²) in [6.07, 6.45) is 11.2. The fourth-order valence-corrected chi connectivity index (χ4v) is 3.92. The van der Waals surface area contributed by atoms with Crippen molar-refractivity contribution in [2.24, 2.45) is 0 Å². The quantitative estimate of drug-likeness (QED) is 0.813. The molecule has 5 heteroatoms. The third kappa shape index (κ3) is 3.30. The fraction of sp³-hybridized carbons (Fsp3) is 0.688. The summed E-state index contributed by atoms with van der Waals surface area (Å²) >= 11 is 1.69. The summed E-state index contributed by atoms with van der Waals surface area (Å²) in [7, 11) is 1.86. The maximum absolute atomic E-state index is 5.80. The standard InChI is InChI=1S/C16H25N3OS/c1-3-7-17-13(11-16(20-2)5-4-6-16)10-14-12-19-8-9-21-15(19)18-14/h8-9,12-13,17H,3-7,10-11H2,1-2H3. The number of methoxy groups -OCH3 is 1. The van der Waals surface area contributed by atoms with E-state index in [2.05, 4.69) is 34.4 Å². The van der Waals surface area contributed by atoms with Crippen LogP contribution in [0.1, 0.15) is 44.7 Å². The van der Waals surface area contributed by atoms with E-state index in [-0.39, 0.29) is 5.60 Å². The first-order valence-corrected chi connectivity index (χ1v) is 8.82. The molecule has 1 unspecified atom stereocenters. The van der Waals surface area contributed by atoms with Crippen molar-refractivity contribution in [1.82, 2.24) is 14.7 Å². The highest BCUT2D eigenvalue weighted by Crippen LogP contribution is 2.39. The zero-order chi connectivity index (χ0) is 14.7. The number of fused-ring (bicyclic) bond motifs is 1. The van der Waals surface area contributed by atoms with Crippen LogP contribution in [-0.2, 0) is 11.2 Å². The summed E-state index contributed by atoms with van der Waals surface area (Å²) in [4.78, 5) is 5.81. The van der Waals surface area contributed by atoms with E-state index in [9.17, 15) is 0 Å². The van der Waals surface area contributed by atoms with Gasteiger partial charge in [-0.25, -0.2) is 4.98 Å². The molecule has 0 aromatic carbocycles. The minimum Gasteiger partial charge on any atom is -0.378 e. The van der Waals surface area contributed by atoms with Crippen molar-refractivity contribution in [3.63, 3.8) is 0 Å². The fourth-order valence-electron chi connectivity index (χ4n) is 3.20.